The molecule has 2 N–H and O–H groups in total. The first kappa shape index (κ1) is 19.0. The number of aliphatic hydroxyl groups excluding tert-OH is 2. The van der Waals surface area contributed by atoms with Crippen LogP contribution in [0, 0.1) is 40.4 Å². The van der Waals surface area contributed by atoms with Gasteiger partial charge in [-0.15, -0.1) is 0 Å². The maximum atomic E-state index is 10.2. The van der Waals surface area contributed by atoms with E-state index in [4.69, 9.17) is 0 Å². The zero-order chi connectivity index (χ0) is 18.5. The van der Waals surface area contributed by atoms with Crippen LogP contribution in [0.4, 0.5) is 0 Å². The van der Waals surface area contributed by atoms with E-state index in [1.165, 1.54) is 44.9 Å². The summed E-state index contributed by atoms with van der Waals surface area (Å²) in [5, 5.41) is 19.4. The second-order valence-corrected chi connectivity index (χ2v) is 10.7. The van der Waals surface area contributed by atoms with Gasteiger partial charge in [0, 0.05) is 6.61 Å². The van der Waals surface area contributed by atoms with E-state index < -0.39 is 0 Å². The van der Waals surface area contributed by atoms with E-state index in [2.05, 4.69) is 26.8 Å². The Bertz CT molecular complexity index is 554. The molecule has 0 spiro atoms. The third-order valence-corrected chi connectivity index (χ3v) is 9.66. The fourth-order valence-corrected chi connectivity index (χ4v) is 8.23. The third-order valence-electron chi connectivity index (χ3n) is 9.66. The van der Waals surface area contributed by atoms with Gasteiger partial charge < -0.3 is 10.2 Å². The molecule has 0 radical (unpaired) electrons. The Morgan fingerprint density at radius 3 is 2.69 bits per heavy atom. The monoisotopic (exact) mass is 360 g/mol. The molecule has 8 atom stereocenters. The number of fused-ring (bicyclic) bond motifs is 5. The minimum atomic E-state index is -0.0945. The van der Waals surface area contributed by atoms with Crippen LogP contribution in [0.2, 0.25) is 0 Å². The molecular formula is C24H40O2. The van der Waals surface area contributed by atoms with Crippen molar-refractivity contribution in [2.24, 2.45) is 40.4 Å². The van der Waals surface area contributed by atoms with Gasteiger partial charge >= 0.3 is 0 Å². The summed E-state index contributed by atoms with van der Waals surface area (Å²) in [4.78, 5) is 0. The SMILES string of the molecule is C[C@H](CCCO)[C@@H]1CC[C@@H]2[C@H]3CC=C4C[C@@H](O)CC[C@]4(C)[C@@H]3CC[C@]21C. The van der Waals surface area contributed by atoms with Crippen LogP contribution in [0.5, 0.6) is 0 Å². The average Bonchev–Trinajstić information content (AvgIpc) is 2.97. The molecule has 0 heterocycles. The van der Waals surface area contributed by atoms with E-state index >= 15 is 0 Å². The highest BCUT2D eigenvalue weighted by molar-refractivity contribution is 5.25. The zero-order valence-corrected chi connectivity index (χ0v) is 17.2. The van der Waals surface area contributed by atoms with Crippen molar-refractivity contribution < 1.29 is 10.2 Å². The Hall–Kier alpha value is -0.340. The number of hydrogen-bond acceptors (Lipinski definition) is 2. The van der Waals surface area contributed by atoms with E-state index in [-0.39, 0.29) is 6.10 Å². The molecule has 0 aromatic heterocycles. The van der Waals surface area contributed by atoms with Crippen molar-refractivity contribution >= 4 is 0 Å². The van der Waals surface area contributed by atoms with Gasteiger partial charge in [-0.3, -0.25) is 0 Å². The largest absolute Gasteiger partial charge is 0.396 e. The molecule has 148 valence electrons. The molecule has 4 aliphatic rings. The number of rotatable bonds is 4. The van der Waals surface area contributed by atoms with Crippen LogP contribution in [0.1, 0.15) is 85.0 Å². The fourth-order valence-electron chi connectivity index (χ4n) is 8.23. The molecule has 0 aliphatic heterocycles. The summed E-state index contributed by atoms with van der Waals surface area (Å²) < 4.78 is 0. The van der Waals surface area contributed by atoms with Gasteiger partial charge in [-0.1, -0.05) is 32.4 Å². The van der Waals surface area contributed by atoms with Crippen molar-refractivity contribution in [2.45, 2.75) is 91.1 Å². The molecule has 4 aliphatic carbocycles. The molecule has 0 saturated heterocycles. The summed E-state index contributed by atoms with van der Waals surface area (Å²) in [5.74, 6) is 4.21. The van der Waals surface area contributed by atoms with Gasteiger partial charge in [0.2, 0.25) is 0 Å². The molecule has 0 aromatic rings. The maximum Gasteiger partial charge on any atom is 0.0577 e. The molecule has 4 rings (SSSR count). The minimum absolute atomic E-state index is 0.0945. The molecule has 0 bridgehead atoms. The van der Waals surface area contributed by atoms with E-state index in [9.17, 15) is 10.2 Å². The van der Waals surface area contributed by atoms with E-state index in [1.54, 1.807) is 5.57 Å². The number of aliphatic hydroxyl groups is 2. The van der Waals surface area contributed by atoms with Crippen molar-refractivity contribution in [2.75, 3.05) is 6.61 Å². The molecule has 0 amide bonds. The summed E-state index contributed by atoms with van der Waals surface area (Å²) in [6.45, 7) is 7.94. The van der Waals surface area contributed by atoms with E-state index in [0.29, 0.717) is 17.4 Å². The second-order valence-electron chi connectivity index (χ2n) is 10.7. The van der Waals surface area contributed by atoms with E-state index in [1.807, 2.05) is 0 Å². The maximum absolute atomic E-state index is 10.2. The van der Waals surface area contributed by atoms with E-state index in [0.717, 1.165) is 48.9 Å². The average molecular weight is 361 g/mol. The van der Waals surface area contributed by atoms with Gasteiger partial charge in [-0.25, -0.2) is 0 Å². The minimum Gasteiger partial charge on any atom is -0.396 e. The molecule has 2 heteroatoms. The quantitative estimate of drug-likeness (QED) is 0.665. The zero-order valence-electron chi connectivity index (χ0n) is 17.2. The van der Waals surface area contributed by atoms with Crippen LogP contribution in [-0.2, 0) is 0 Å². The smallest absolute Gasteiger partial charge is 0.0577 e. The summed E-state index contributed by atoms with van der Waals surface area (Å²) in [7, 11) is 0. The summed E-state index contributed by atoms with van der Waals surface area (Å²) in [6.07, 6.45) is 14.6. The molecule has 26 heavy (non-hydrogen) atoms. The number of hydrogen-bond donors (Lipinski definition) is 2. The third kappa shape index (κ3) is 2.82. The Morgan fingerprint density at radius 2 is 1.92 bits per heavy atom. The fraction of sp³-hybridized carbons (Fsp3) is 0.917. The van der Waals surface area contributed by atoms with Crippen LogP contribution < -0.4 is 0 Å². The first-order valence-electron chi connectivity index (χ1n) is 11.4. The number of allylic oxidation sites excluding steroid dienone is 1. The lowest BCUT2D eigenvalue weighted by atomic mass is 9.47. The van der Waals surface area contributed by atoms with Crippen molar-refractivity contribution in [3.05, 3.63) is 11.6 Å². The molecule has 2 nitrogen and oxygen atoms in total. The standard InChI is InChI=1S/C24H40O2/c1-16(5-4-14-25)20-8-9-21-19-7-6-17-15-18(26)10-12-23(17,2)22(19)11-13-24(20,21)3/h6,16,18-22,25-26H,4-5,7-15H2,1-3H3/t16-,18+,19-,20+,21-,22-,23+,24+/m1/s1. The molecular weight excluding hydrogens is 320 g/mol. The molecule has 3 fully saturated rings. The normalized spacial score (nSPS) is 49.0. The predicted octanol–water partition coefficient (Wildman–Crippen LogP) is 5.33. The van der Waals surface area contributed by atoms with Crippen molar-refractivity contribution in [1.29, 1.82) is 0 Å². The molecule has 0 aromatic carbocycles. The topological polar surface area (TPSA) is 40.5 Å². The molecule has 0 unspecified atom stereocenters. The lowest BCUT2D eigenvalue weighted by molar-refractivity contribution is -0.0574. The second kappa shape index (κ2) is 6.92. The van der Waals surface area contributed by atoms with Gasteiger partial charge in [0.1, 0.15) is 0 Å². The Labute approximate surface area is 160 Å². The lowest BCUT2D eigenvalue weighted by Crippen LogP contribution is -2.50. The van der Waals surface area contributed by atoms with Gasteiger partial charge in [0.15, 0.2) is 0 Å². The van der Waals surface area contributed by atoms with Crippen molar-refractivity contribution in [3.8, 4) is 0 Å². The first-order chi connectivity index (χ1) is 12.4. The van der Waals surface area contributed by atoms with Crippen LogP contribution in [-0.4, -0.2) is 22.9 Å². The summed E-state index contributed by atoms with van der Waals surface area (Å²) in [5.41, 5.74) is 2.47. The predicted molar refractivity (Wildman–Crippen MR) is 107 cm³/mol. The van der Waals surface area contributed by atoms with Gasteiger partial charge in [0.05, 0.1) is 6.10 Å². The Morgan fingerprint density at radius 1 is 1.12 bits per heavy atom. The lowest BCUT2D eigenvalue weighted by Gasteiger charge is -2.58. The van der Waals surface area contributed by atoms with Crippen LogP contribution in [0.25, 0.3) is 0 Å². The van der Waals surface area contributed by atoms with Crippen molar-refractivity contribution in [1.82, 2.24) is 0 Å². The highest BCUT2D eigenvalue weighted by atomic mass is 16.3. The first-order valence-corrected chi connectivity index (χ1v) is 11.4. The summed E-state index contributed by atoms with van der Waals surface area (Å²) >= 11 is 0. The van der Waals surface area contributed by atoms with Gasteiger partial charge in [0.25, 0.3) is 0 Å². The highest BCUT2D eigenvalue weighted by Gasteiger charge is 2.58. The van der Waals surface area contributed by atoms with Gasteiger partial charge in [-0.05, 0) is 105 Å². The highest BCUT2D eigenvalue weighted by Crippen LogP contribution is 2.67. The van der Waals surface area contributed by atoms with Gasteiger partial charge in [-0.2, -0.15) is 0 Å². The Balaban J connectivity index is 1.56. The summed E-state index contributed by atoms with van der Waals surface area (Å²) in [6, 6.07) is 0. The van der Waals surface area contributed by atoms with Crippen LogP contribution >= 0.6 is 0 Å². The molecule has 3 saturated carbocycles. The van der Waals surface area contributed by atoms with Crippen LogP contribution in [0.15, 0.2) is 11.6 Å². The van der Waals surface area contributed by atoms with Crippen molar-refractivity contribution in [3.63, 3.8) is 0 Å². The van der Waals surface area contributed by atoms with Crippen LogP contribution in [0.3, 0.4) is 0 Å². The Kier molecular flexibility index (Phi) is 5.06.